The number of halogens is 3. The Morgan fingerprint density at radius 2 is 1.88 bits per heavy atom. The lowest BCUT2D eigenvalue weighted by Crippen LogP contribution is -2.19. The summed E-state index contributed by atoms with van der Waals surface area (Å²) in [4.78, 5) is 0. The number of hydrogen-bond acceptors (Lipinski definition) is 2. The van der Waals surface area contributed by atoms with Gasteiger partial charge in [-0.05, 0) is 24.5 Å². The predicted molar refractivity (Wildman–Crippen MR) is 51.0 cm³/mol. The molecule has 0 atom stereocenters. The molecule has 0 bridgehead atoms. The fourth-order valence-corrected chi connectivity index (χ4v) is 1.55. The van der Waals surface area contributed by atoms with Crippen LogP contribution >= 0.6 is 0 Å². The smallest absolute Gasteiger partial charge is 0.406 e. The molecule has 1 aromatic carbocycles. The van der Waals surface area contributed by atoms with E-state index in [-0.39, 0.29) is 12.2 Å². The van der Waals surface area contributed by atoms with E-state index in [1.165, 1.54) is 18.2 Å². The summed E-state index contributed by atoms with van der Waals surface area (Å²) in [6.45, 7) is 0. The summed E-state index contributed by atoms with van der Waals surface area (Å²) < 4.78 is 40.2. The van der Waals surface area contributed by atoms with Gasteiger partial charge in [-0.15, -0.1) is 13.2 Å². The molecule has 1 aromatic rings. The molecule has 0 spiro atoms. The second-order valence-corrected chi connectivity index (χ2v) is 4.06. The Morgan fingerprint density at radius 1 is 1.25 bits per heavy atom. The zero-order valence-corrected chi connectivity index (χ0v) is 8.42. The van der Waals surface area contributed by atoms with E-state index in [9.17, 15) is 18.3 Å². The van der Waals surface area contributed by atoms with E-state index in [4.69, 9.17) is 0 Å². The van der Waals surface area contributed by atoms with Gasteiger partial charge in [-0.3, -0.25) is 0 Å². The van der Waals surface area contributed by atoms with Gasteiger partial charge in [0, 0.05) is 6.42 Å². The number of benzene rings is 1. The van der Waals surface area contributed by atoms with E-state index in [2.05, 4.69) is 4.74 Å². The first-order chi connectivity index (χ1) is 7.38. The van der Waals surface area contributed by atoms with Gasteiger partial charge in [-0.2, -0.15) is 0 Å². The van der Waals surface area contributed by atoms with Crippen LogP contribution in [-0.2, 0) is 6.42 Å². The Bertz CT molecular complexity index is 357. The summed E-state index contributed by atoms with van der Waals surface area (Å²) in [7, 11) is 0. The minimum absolute atomic E-state index is 0.208. The molecule has 0 aromatic heterocycles. The summed E-state index contributed by atoms with van der Waals surface area (Å²) in [6.07, 6.45) is -3.22. The number of aliphatic hydroxyl groups is 1. The molecule has 1 N–H and O–H groups in total. The van der Waals surface area contributed by atoms with E-state index >= 15 is 0 Å². The van der Waals surface area contributed by atoms with Crippen molar-refractivity contribution in [2.45, 2.75) is 31.2 Å². The number of rotatable bonds is 3. The molecule has 16 heavy (non-hydrogen) atoms. The van der Waals surface area contributed by atoms with Crippen LogP contribution in [0, 0.1) is 0 Å². The average Bonchev–Trinajstić information content (AvgIpc) is 2.85. The van der Waals surface area contributed by atoms with Crippen LogP contribution in [0.3, 0.4) is 0 Å². The molecule has 5 heteroatoms. The molecule has 0 radical (unpaired) electrons. The van der Waals surface area contributed by atoms with Gasteiger partial charge in [0.05, 0.1) is 5.60 Å². The summed E-state index contributed by atoms with van der Waals surface area (Å²) in [5.41, 5.74) is -0.440. The van der Waals surface area contributed by atoms with E-state index < -0.39 is 12.0 Å². The Morgan fingerprint density at radius 3 is 2.44 bits per heavy atom. The molecule has 0 saturated heterocycles. The van der Waals surface area contributed by atoms with Crippen LogP contribution in [0.5, 0.6) is 5.75 Å². The monoisotopic (exact) mass is 232 g/mol. The van der Waals surface area contributed by atoms with E-state index in [0.717, 1.165) is 0 Å². The van der Waals surface area contributed by atoms with Crippen molar-refractivity contribution in [2.75, 3.05) is 0 Å². The molecule has 0 unspecified atom stereocenters. The van der Waals surface area contributed by atoms with Gasteiger partial charge in [0.1, 0.15) is 5.75 Å². The Labute approximate surface area is 90.7 Å². The molecule has 1 saturated carbocycles. The first-order valence-electron chi connectivity index (χ1n) is 4.94. The van der Waals surface area contributed by atoms with E-state index in [1.807, 2.05) is 0 Å². The number of hydrogen-bond donors (Lipinski definition) is 1. The van der Waals surface area contributed by atoms with Gasteiger partial charge in [-0.25, -0.2) is 0 Å². The highest BCUT2D eigenvalue weighted by atomic mass is 19.4. The second-order valence-electron chi connectivity index (χ2n) is 4.06. The third-order valence-electron chi connectivity index (χ3n) is 2.54. The van der Waals surface area contributed by atoms with Crippen molar-refractivity contribution in [1.82, 2.24) is 0 Å². The van der Waals surface area contributed by atoms with Crippen molar-refractivity contribution in [3.8, 4) is 5.75 Å². The minimum atomic E-state index is -4.69. The topological polar surface area (TPSA) is 29.5 Å². The van der Waals surface area contributed by atoms with Crippen molar-refractivity contribution in [2.24, 2.45) is 0 Å². The summed E-state index contributed by atoms with van der Waals surface area (Å²) in [5, 5.41) is 9.67. The van der Waals surface area contributed by atoms with Gasteiger partial charge in [0.25, 0.3) is 0 Å². The van der Waals surface area contributed by atoms with Crippen LogP contribution in [0.25, 0.3) is 0 Å². The third kappa shape index (κ3) is 2.88. The molecule has 0 heterocycles. The summed E-state index contributed by atoms with van der Waals surface area (Å²) >= 11 is 0. The van der Waals surface area contributed by atoms with Gasteiger partial charge in [0.15, 0.2) is 0 Å². The normalized spacial score (nSPS) is 18.2. The van der Waals surface area contributed by atoms with Crippen LogP contribution in [0.15, 0.2) is 24.3 Å². The number of para-hydroxylation sites is 1. The maximum Gasteiger partial charge on any atom is 0.573 e. The lowest BCUT2D eigenvalue weighted by Gasteiger charge is -2.14. The average molecular weight is 232 g/mol. The van der Waals surface area contributed by atoms with Crippen molar-refractivity contribution in [1.29, 1.82) is 0 Å². The Kier molecular flexibility index (Phi) is 2.58. The van der Waals surface area contributed by atoms with Gasteiger partial charge in [-0.1, -0.05) is 18.2 Å². The highest BCUT2D eigenvalue weighted by Gasteiger charge is 2.41. The quantitative estimate of drug-likeness (QED) is 0.868. The molecular weight excluding hydrogens is 221 g/mol. The largest absolute Gasteiger partial charge is 0.573 e. The lowest BCUT2D eigenvalue weighted by molar-refractivity contribution is -0.275. The Balaban J connectivity index is 2.17. The van der Waals surface area contributed by atoms with Crippen LogP contribution in [-0.4, -0.2) is 17.1 Å². The first kappa shape index (κ1) is 11.3. The molecule has 0 aliphatic heterocycles. The first-order valence-corrected chi connectivity index (χ1v) is 4.94. The maximum absolute atomic E-state index is 12.1. The highest BCUT2D eigenvalue weighted by Crippen LogP contribution is 2.40. The Hall–Kier alpha value is -1.23. The predicted octanol–water partition coefficient (Wildman–Crippen LogP) is 2.65. The van der Waals surface area contributed by atoms with Crippen LogP contribution in [0.2, 0.25) is 0 Å². The van der Waals surface area contributed by atoms with Crippen molar-refractivity contribution < 1.29 is 23.0 Å². The lowest BCUT2D eigenvalue weighted by atomic mass is 10.1. The fourth-order valence-electron chi connectivity index (χ4n) is 1.55. The molecule has 1 aliphatic carbocycles. The summed E-state index contributed by atoms with van der Waals surface area (Å²) in [6, 6.07) is 5.90. The van der Waals surface area contributed by atoms with Crippen LogP contribution in [0.4, 0.5) is 13.2 Å². The highest BCUT2D eigenvalue weighted by molar-refractivity contribution is 5.35. The van der Waals surface area contributed by atoms with E-state index in [1.54, 1.807) is 6.07 Å². The number of alkyl halides is 3. The van der Waals surface area contributed by atoms with Crippen LogP contribution < -0.4 is 4.74 Å². The third-order valence-corrected chi connectivity index (χ3v) is 2.54. The molecule has 88 valence electrons. The molecule has 0 amide bonds. The maximum atomic E-state index is 12.1. The molecule has 1 fully saturated rings. The molecule has 1 aliphatic rings. The summed E-state index contributed by atoms with van der Waals surface area (Å²) in [5.74, 6) is -0.227. The molecule has 2 rings (SSSR count). The van der Waals surface area contributed by atoms with Gasteiger partial charge < -0.3 is 9.84 Å². The zero-order chi connectivity index (χ0) is 11.8. The van der Waals surface area contributed by atoms with Crippen LogP contribution in [0.1, 0.15) is 18.4 Å². The second kappa shape index (κ2) is 3.66. The van der Waals surface area contributed by atoms with Crippen molar-refractivity contribution in [3.05, 3.63) is 29.8 Å². The molecule has 2 nitrogen and oxygen atoms in total. The zero-order valence-electron chi connectivity index (χ0n) is 8.42. The SMILES string of the molecule is OC1(Cc2ccccc2OC(F)(F)F)CC1. The van der Waals surface area contributed by atoms with Gasteiger partial charge in [0.2, 0.25) is 0 Å². The minimum Gasteiger partial charge on any atom is -0.406 e. The standard InChI is InChI=1S/C11H11F3O2/c12-11(13,14)16-9-4-2-1-3-8(9)7-10(15)5-6-10/h1-4,15H,5-7H2. The molecular formula is C11H11F3O2. The van der Waals surface area contributed by atoms with Crippen molar-refractivity contribution >= 4 is 0 Å². The van der Waals surface area contributed by atoms with Crippen molar-refractivity contribution in [3.63, 3.8) is 0 Å². The fraction of sp³-hybridized carbons (Fsp3) is 0.455. The number of ether oxygens (including phenoxy) is 1. The van der Waals surface area contributed by atoms with E-state index in [0.29, 0.717) is 18.4 Å². The van der Waals surface area contributed by atoms with Gasteiger partial charge >= 0.3 is 6.36 Å².